The Labute approximate surface area is 124 Å². The first-order valence-corrected chi connectivity index (χ1v) is 6.71. The van der Waals surface area contributed by atoms with E-state index in [1.165, 1.54) is 0 Å². The minimum atomic E-state index is -0.213. The van der Waals surface area contributed by atoms with Crippen molar-refractivity contribution in [2.24, 2.45) is 5.10 Å². The Bertz CT molecular complexity index is 636. The fraction of sp³-hybridized carbons (Fsp3) is 0.176. The molecule has 0 bridgehead atoms. The molecule has 21 heavy (non-hydrogen) atoms. The molecule has 0 aliphatic rings. The first-order valence-electron chi connectivity index (χ1n) is 6.71. The number of nitrogens with one attached hydrogen (secondary N) is 1. The summed E-state index contributed by atoms with van der Waals surface area (Å²) in [7, 11) is 1.64. The number of hydrogen-bond acceptors (Lipinski definition) is 3. The number of benzene rings is 2. The minimum Gasteiger partial charge on any atom is -0.496 e. The normalized spacial score (nSPS) is 11.0. The van der Waals surface area contributed by atoms with E-state index in [1.807, 2.05) is 49.4 Å². The molecular weight excluding hydrogens is 264 g/mol. The number of hydrazone groups is 1. The number of methoxy groups -OCH3 is 1. The molecule has 108 valence electrons. The molecule has 0 aromatic heterocycles. The van der Waals surface area contributed by atoms with E-state index >= 15 is 0 Å². The molecule has 0 heterocycles. The van der Waals surface area contributed by atoms with Crippen LogP contribution < -0.4 is 10.2 Å². The van der Waals surface area contributed by atoms with Crippen molar-refractivity contribution >= 4 is 11.6 Å². The second-order valence-corrected chi connectivity index (χ2v) is 4.64. The Morgan fingerprint density at radius 3 is 2.48 bits per heavy atom. The van der Waals surface area contributed by atoms with Gasteiger partial charge in [-0.25, -0.2) is 5.43 Å². The summed E-state index contributed by atoms with van der Waals surface area (Å²) in [6, 6.07) is 16.8. The SMILES string of the molecule is COc1ccccc1C/C(C)=N\NC(=O)c1ccccc1. The van der Waals surface area contributed by atoms with E-state index in [2.05, 4.69) is 10.5 Å². The summed E-state index contributed by atoms with van der Waals surface area (Å²) in [6.45, 7) is 1.87. The van der Waals surface area contributed by atoms with Gasteiger partial charge in [0.05, 0.1) is 7.11 Å². The van der Waals surface area contributed by atoms with Crippen molar-refractivity contribution in [3.63, 3.8) is 0 Å². The number of carbonyl (C=O) groups is 1. The standard InChI is InChI=1S/C17H18N2O2/c1-13(12-15-10-6-7-11-16(15)21-2)18-19-17(20)14-8-4-3-5-9-14/h3-11H,12H2,1-2H3,(H,19,20)/b18-13-. The Balaban J connectivity index is 2.00. The van der Waals surface area contributed by atoms with Crippen molar-refractivity contribution < 1.29 is 9.53 Å². The van der Waals surface area contributed by atoms with E-state index in [1.54, 1.807) is 19.2 Å². The number of amides is 1. The maximum absolute atomic E-state index is 11.9. The summed E-state index contributed by atoms with van der Waals surface area (Å²) in [5, 5.41) is 4.13. The van der Waals surface area contributed by atoms with E-state index in [0.29, 0.717) is 12.0 Å². The monoisotopic (exact) mass is 282 g/mol. The van der Waals surface area contributed by atoms with Gasteiger partial charge in [0.2, 0.25) is 0 Å². The summed E-state index contributed by atoms with van der Waals surface area (Å²) >= 11 is 0. The first kappa shape index (κ1) is 14.8. The molecule has 2 aromatic rings. The van der Waals surface area contributed by atoms with Gasteiger partial charge in [0.25, 0.3) is 5.91 Å². The van der Waals surface area contributed by atoms with E-state index in [0.717, 1.165) is 17.0 Å². The largest absolute Gasteiger partial charge is 0.496 e. The molecule has 0 unspecified atom stereocenters. The van der Waals surface area contributed by atoms with E-state index in [4.69, 9.17) is 4.74 Å². The van der Waals surface area contributed by atoms with Gasteiger partial charge in [-0.3, -0.25) is 4.79 Å². The first-order chi connectivity index (χ1) is 10.2. The van der Waals surface area contributed by atoms with E-state index in [-0.39, 0.29) is 5.91 Å². The highest BCUT2D eigenvalue weighted by Gasteiger charge is 2.05. The van der Waals surface area contributed by atoms with Gasteiger partial charge in [0.15, 0.2) is 0 Å². The molecule has 0 saturated heterocycles. The predicted molar refractivity (Wildman–Crippen MR) is 83.7 cm³/mol. The summed E-state index contributed by atoms with van der Waals surface area (Å²) in [6.07, 6.45) is 0.624. The van der Waals surface area contributed by atoms with Crippen molar-refractivity contribution in [3.05, 3.63) is 65.7 Å². The van der Waals surface area contributed by atoms with Gasteiger partial charge >= 0.3 is 0 Å². The zero-order chi connectivity index (χ0) is 15.1. The zero-order valence-electron chi connectivity index (χ0n) is 12.2. The minimum absolute atomic E-state index is 0.213. The molecule has 1 N–H and O–H groups in total. The Hall–Kier alpha value is -2.62. The maximum atomic E-state index is 11.9. The zero-order valence-corrected chi connectivity index (χ0v) is 12.2. The van der Waals surface area contributed by atoms with Crippen molar-refractivity contribution in [1.29, 1.82) is 0 Å². The second-order valence-electron chi connectivity index (χ2n) is 4.64. The van der Waals surface area contributed by atoms with Crippen LogP contribution in [0.1, 0.15) is 22.8 Å². The Morgan fingerprint density at radius 1 is 1.10 bits per heavy atom. The van der Waals surface area contributed by atoms with E-state index in [9.17, 15) is 4.79 Å². The highest BCUT2D eigenvalue weighted by atomic mass is 16.5. The van der Waals surface area contributed by atoms with Gasteiger partial charge in [-0.1, -0.05) is 36.4 Å². The topological polar surface area (TPSA) is 50.7 Å². The van der Waals surface area contributed by atoms with Crippen LogP contribution in [-0.2, 0) is 6.42 Å². The second kappa shape index (κ2) is 7.24. The number of carbonyl (C=O) groups excluding carboxylic acids is 1. The lowest BCUT2D eigenvalue weighted by atomic mass is 10.1. The molecular formula is C17H18N2O2. The van der Waals surface area contributed by atoms with Gasteiger partial charge in [-0.05, 0) is 30.7 Å². The van der Waals surface area contributed by atoms with Crippen LogP contribution in [-0.4, -0.2) is 18.7 Å². The lowest BCUT2D eigenvalue weighted by Gasteiger charge is -2.08. The average molecular weight is 282 g/mol. The van der Waals surface area contributed by atoms with Crippen LogP contribution in [0.15, 0.2) is 59.7 Å². The number of hydrogen-bond donors (Lipinski definition) is 1. The summed E-state index contributed by atoms with van der Waals surface area (Å²) in [5.41, 5.74) is 5.00. The van der Waals surface area contributed by atoms with Crippen LogP contribution in [0.25, 0.3) is 0 Å². The third-order valence-electron chi connectivity index (χ3n) is 3.02. The third kappa shape index (κ3) is 4.18. The molecule has 0 aliphatic heterocycles. The van der Waals surface area contributed by atoms with Gasteiger partial charge < -0.3 is 4.74 Å². The lowest BCUT2D eigenvalue weighted by Crippen LogP contribution is -2.19. The number of nitrogens with zero attached hydrogens (tertiary/aromatic N) is 1. The van der Waals surface area contributed by atoms with Gasteiger partial charge in [-0.15, -0.1) is 0 Å². The third-order valence-corrected chi connectivity index (χ3v) is 3.02. The Kier molecular flexibility index (Phi) is 5.10. The van der Waals surface area contributed by atoms with Crippen molar-refractivity contribution in [3.8, 4) is 5.75 Å². The fourth-order valence-electron chi connectivity index (χ4n) is 1.96. The molecule has 4 heteroatoms. The predicted octanol–water partition coefficient (Wildman–Crippen LogP) is 3.04. The van der Waals surface area contributed by atoms with Crippen molar-refractivity contribution in [2.45, 2.75) is 13.3 Å². The van der Waals surface area contributed by atoms with Crippen molar-refractivity contribution in [2.75, 3.05) is 7.11 Å². The van der Waals surface area contributed by atoms with Gasteiger partial charge in [0, 0.05) is 17.7 Å². The number of ether oxygens (including phenoxy) is 1. The molecule has 1 amide bonds. The van der Waals surface area contributed by atoms with Crippen LogP contribution in [0.2, 0.25) is 0 Å². The molecule has 0 atom stereocenters. The molecule has 0 saturated carbocycles. The summed E-state index contributed by atoms with van der Waals surface area (Å²) in [5.74, 6) is 0.608. The van der Waals surface area contributed by atoms with Crippen LogP contribution in [0, 0.1) is 0 Å². The maximum Gasteiger partial charge on any atom is 0.271 e. The Morgan fingerprint density at radius 2 is 1.76 bits per heavy atom. The molecule has 0 aliphatic carbocycles. The van der Waals surface area contributed by atoms with Gasteiger partial charge in [0.1, 0.15) is 5.75 Å². The fourth-order valence-corrected chi connectivity index (χ4v) is 1.96. The number of rotatable bonds is 5. The van der Waals surface area contributed by atoms with Crippen LogP contribution in [0.3, 0.4) is 0 Å². The quantitative estimate of drug-likeness (QED) is 0.677. The molecule has 2 aromatic carbocycles. The highest BCUT2D eigenvalue weighted by molar-refractivity contribution is 5.95. The molecule has 0 spiro atoms. The number of para-hydroxylation sites is 1. The van der Waals surface area contributed by atoms with Crippen LogP contribution >= 0.6 is 0 Å². The highest BCUT2D eigenvalue weighted by Crippen LogP contribution is 2.17. The molecule has 4 nitrogen and oxygen atoms in total. The average Bonchev–Trinajstić information content (AvgIpc) is 2.54. The smallest absolute Gasteiger partial charge is 0.271 e. The summed E-state index contributed by atoms with van der Waals surface area (Å²) in [4.78, 5) is 11.9. The van der Waals surface area contributed by atoms with Crippen LogP contribution in [0.4, 0.5) is 0 Å². The van der Waals surface area contributed by atoms with E-state index < -0.39 is 0 Å². The summed E-state index contributed by atoms with van der Waals surface area (Å²) < 4.78 is 5.30. The van der Waals surface area contributed by atoms with Crippen LogP contribution in [0.5, 0.6) is 5.75 Å². The molecule has 0 fully saturated rings. The van der Waals surface area contributed by atoms with Crippen molar-refractivity contribution in [1.82, 2.24) is 5.43 Å². The lowest BCUT2D eigenvalue weighted by molar-refractivity contribution is 0.0954. The molecule has 2 rings (SSSR count). The van der Waals surface area contributed by atoms with Gasteiger partial charge in [-0.2, -0.15) is 5.10 Å². The molecule has 0 radical (unpaired) electrons.